The highest BCUT2D eigenvalue weighted by Gasteiger charge is 2.13. The maximum Gasteiger partial charge on any atom is 0.228 e. The second-order valence-corrected chi connectivity index (χ2v) is 6.08. The number of carbonyl (C=O) groups is 1. The van der Waals surface area contributed by atoms with Gasteiger partial charge in [-0.05, 0) is 49.2 Å². The summed E-state index contributed by atoms with van der Waals surface area (Å²) >= 11 is 5.65. The molecule has 0 atom stereocenters. The topological polar surface area (TPSA) is 42.0 Å². The molecule has 1 N–H and O–H groups in total. The van der Waals surface area contributed by atoms with Crippen molar-refractivity contribution in [2.75, 3.05) is 5.32 Å². The molecule has 1 aromatic heterocycles. The van der Waals surface area contributed by atoms with Crippen molar-refractivity contribution < 1.29 is 9.18 Å². The molecule has 1 amide bonds. The van der Waals surface area contributed by atoms with Crippen molar-refractivity contribution >= 4 is 34.1 Å². The van der Waals surface area contributed by atoms with Gasteiger partial charge < -0.3 is 5.32 Å². The van der Waals surface area contributed by atoms with Crippen LogP contribution in [0.25, 0.3) is 10.9 Å². The van der Waals surface area contributed by atoms with Crippen molar-refractivity contribution in [3.05, 3.63) is 70.1 Å². The molecule has 5 heteroatoms. The lowest BCUT2D eigenvalue weighted by molar-refractivity contribution is -0.115. The number of benzene rings is 2. The van der Waals surface area contributed by atoms with Gasteiger partial charge in [0.25, 0.3) is 0 Å². The van der Waals surface area contributed by atoms with Crippen LogP contribution in [0.5, 0.6) is 0 Å². The Labute approximate surface area is 144 Å². The highest BCUT2D eigenvalue weighted by Crippen LogP contribution is 2.24. The number of pyridine rings is 1. The van der Waals surface area contributed by atoms with Crippen LogP contribution in [0.1, 0.15) is 16.8 Å². The Bertz CT molecular complexity index is 940. The maximum absolute atomic E-state index is 13.5. The van der Waals surface area contributed by atoms with Crippen LogP contribution in [0.3, 0.4) is 0 Å². The lowest BCUT2D eigenvalue weighted by Gasteiger charge is -2.13. The SMILES string of the molecule is Cc1nc2ccccc2c(C)c1CC(=O)Nc1ccc(Cl)c(F)c1. The first kappa shape index (κ1) is 16.4. The van der Waals surface area contributed by atoms with Gasteiger partial charge in [-0.15, -0.1) is 0 Å². The van der Waals surface area contributed by atoms with Crippen LogP contribution < -0.4 is 5.32 Å². The second kappa shape index (κ2) is 6.57. The lowest BCUT2D eigenvalue weighted by Crippen LogP contribution is -2.16. The number of halogens is 2. The van der Waals surface area contributed by atoms with Gasteiger partial charge in [0.05, 0.1) is 17.0 Å². The predicted octanol–water partition coefficient (Wildman–Crippen LogP) is 4.83. The molecule has 122 valence electrons. The van der Waals surface area contributed by atoms with E-state index in [9.17, 15) is 9.18 Å². The minimum absolute atomic E-state index is 0.0263. The van der Waals surface area contributed by atoms with Crippen LogP contribution in [0, 0.1) is 19.7 Å². The lowest BCUT2D eigenvalue weighted by atomic mass is 9.99. The van der Waals surface area contributed by atoms with Gasteiger partial charge in [0.2, 0.25) is 5.91 Å². The van der Waals surface area contributed by atoms with Crippen molar-refractivity contribution in [2.24, 2.45) is 0 Å². The molecule has 0 radical (unpaired) electrons. The molecule has 3 rings (SSSR count). The van der Waals surface area contributed by atoms with E-state index >= 15 is 0 Å². The second-order valence-electron chi connectivity index (χ2n) is 5.67. The number of aryl methyl sites for hydroxylation is 2. The van der Waals surface area contributed by atoms with Crippen molar-refractivity contribution in [3.8, 4) is 0 Å². The molecular formula is C19H16ClFN2O. The van der Waals surface area contributed by atoms with E-state index in [1.54, 1.807) is 6.07 Å². The molecule has 0 saturated heterocycles. The van der Waals surface area contributed by atoms with Gasteiger partial charge in [-0.3, -0.25) is 9.78 Å². The average molecular weight is 343 g/mol. The summed E-state index contributed by atoms with van der Waals surface area (Å²) in [6, 6.07) is 12.0. The van der Waals surface area contributed by atoms with E-state index < -0.39 is 5.82 Å². The summed E-state index contributed by atoms with van der Waals surface area (Å²) < 4.78 is 13.5. The average Bonchev–Trinajstić information content (AvgIpc) is 2.55. The zero-order valence-electron chi connectivity index (χ0n) is 13.4. The third-order valence-electron chi connectivity index (χ3n) is 4.03. The molecule has 0 aliphatic carbocycles. The summed E-state index contributed by atoms with van der Waals surface area (Å²) in [5.74, 6) is -0.783. The quantitative estimate of drug-likeness (QED) is 0.741. The van der Waals surface area contributed by atoms with Gasteiger partial charge in [0.1, 0.15) is 5.82 Å². The standard InChI is InChI=1S/C19H16ClFN2O/c1-11-14-5-3-4-6-18(14)22-12(2)15(11)10-19(24)23-13-7-8-16(20)17(21)9-13/h3-9H,10H2,1-2H3,(H,23,24). The zero-order valence-corrected chi connectivity index (χ0v) is 14.1. The van der Waals surface area contributed by atoms with Crippen molar-refractivity contribution in [3.63, 3.8) is 0 Å². The molecule has 0 aliphatic rings. The Morgan fingerprint density at radius 1 is 1.21 bits per heavy atom. The first-order valence-electron chi connectivity index (χ1n) is 7.55. The highest BCUT2D eigenvalue weighted by molar-refractivity contribution is 6.30. The van der Waals surface area contributed by atoms with Gasteiger partial charge in [0, 0.05) is 16.8 Å². The molecule has 24 heavy (non-hydrogen) atoms. The maximum atomic E-state index is 13.5. The van der Waals surface area contributed by atoms with E-state index in [0.717, 1.165) is 27.7 Å². The van der Waals surface area contributed by atoms with E-state index in [4.69, 9.17) is 11.6 Å². The number of aromatic nitrogens is 1. The van der Waals surface area contributed by atoms with Crippen molar-refractivity contribution in [1.29, 1.82) is 0 Å². The highest BCUT2D eigenvalue weighted by atomic mass is 35.5. The molecule has 1 heterocycles. The number of amides is 1. The normalized spacial score (nSPS) is 10.8. The van der Waals surface area contributed by atoms with Crippen LogP contribution in [-0.4, -0.2) is 10.9 Å². The van der Waals surface area contributed by atoms with Crippen LogP contribution in [0.4, 0.5) is 10.1 Å². The third-order valence-corrected chi connectivity index (χ3v) is 4.33. The number of rotatable bonds is 3. The van der Waals surface area contributed by atoms with Crippen LogP contribution in [0.2, 0.25) is 5.02 Å². The van der Waals surface area contributed by atoms with Gasteiger partial charge in [-0.25, -0.2) is 4.39 Å². The van der Waals surface area contributed by atoms with Crippen molar-refractivity contribution in [2.45, 2.75) is 20.3 Å². The fraction of sp³-hybridized carbons (Fsp3) is 0.158. The van der Waals surface area contributed by atoms with Crippen LogP contribution >= 0.6 is 11.6 Å². The molecule has 3 aromatic rings. The minimum atomic E-state index is -0.561. The van der Waals surface area contributed by atoms with Gasteiger partial charge in [0.15, 0.2) is 0 Å². The summed E-state index contributed by atoms with van der Waals surface area (Å²) in [5, 5.41) is 3.75. The first-order chi connectivity index (χ1) is 11.5. The van der Waals surface area contributed by atoms with Crippen LogP contribution in [-0.2, 0) is 11.2 Å². The number of carbonyl (C=O) groups excluding carboxylic acids is 1. The Hall–Kier alpha value is -2.46. The van der Waals surface area contributed by atoms with Gasteiger partial charge in [-0.2, -0.15) is 0 Å². The van der Waals surface area contributed by atoms with Gasteiger partial charge in [-0.1, -0.05) is 29.8 Å². The van der Waals surface area contributed by atoms with E-state index in [1.807, 2.05) is 38.1 Å². The third kappa shape index (κ3) is 3.24. The fourth-order valence-corrected chi connectivity index (χ4v) is 2.89. The first-order valence-corrected chi connectivity index (χ1v) is 7.93. The smallest absolute Gasteiger partial charge is 0.228 e. The van der Waals surface area contributed by atoms with E-state index in [2.05, 4.69) is 10.3 Å². The molecule has 0 saturated carbocycles. The number of fused-ring (bicyclic) bond motifs is 1. The minimum Gasteiger partial charge on any atom is -0.326 e. The van der Waals surface area contributed by atoms with E-state index in [1.165, 1.54) is 12.1 Å². The Kier molecular flexibility index (Phi) is 4.49. The monoisotopic (exact) mass is 342 g/mol. The number of hydrogen-bond donors (Lipinski definition) is 1. The zero-order chi connectivity index (χ0) is 17.3. The molecular weight excluding hydrogens is 327 g/mol. The number of nitrogens with one attached hydrogen (secondary N) is 1. The summed E-state index contributed by atoms with van der Waals surface area (Å²) in [6.07, 6.45) is 0.180. The summed E-state index contributed by atoms with van der Waals surface area (Å²) in [6.45, 7) is 3.88. The number of anilines is 1. The number of hydrogen-bond acceptors (Lipinski definition) is 2. The molecule has 0 aliphatic heterocycles. The van der Waals surface area contributed by atoms with Crippen LogP contribution in [0.15, 0.2) is 42.5 Å². The molecule has 0 bridgehead atoms. The molecule has 0 spiro atoms. The van der Waals surface area contributed by atoms with E-state index in [0.29, 0.717) is 5.69 Å². The Morgan fingerprint density at radius 2 is 1.96 bits per heavy atom. The molecule has 0 unspecified atom stereocenters. The predicted molar refractivity (Wildman–Crippen MR) is 95.0 cm³/mol. The summed E-state index contributed by atoms with van der Waals surface area (Å²) in [4.78, 5) is 16.9. The molecule has 0 fully saturated rings. The summed E-state index contributed by atoms with van der Waals surface area (Å²) in [5.41, 5.74) is 4.04. The van der Waals surface area contributed by atoms with E-state index in [-0.39, 0.29) is 17.4 Å². The van der Waals surface area contributed by atoms with Gasteiger partial charge >= 0.3 is 0 Å². The number of para-hydroxylation sites is 1. The summed E-state index contributed by atoms with van der Waals surface area (Å²) in [7, 11) is 0. The molecule has 2 aromatic carbocycles. The largest absolute Gasteiger partial charge is 0.326 e. The Morgan fingerprint density at radius 3 is 2.71 bits per heavy atom. The Balaban J connectivity index is 1.86. The number of nitrogens with zero attached hydrogens (tertiary/aromatic N) is 1. The molecule has 3 nitrogen and oxygen atoms in total. The fourth-order valence-electron chi connectivity index (χ4n) is 2.77. The van der Waals surface area contributed by atoms with Crippen molar-refractivity contribution in [1.82, 2.24) is 4.98 Å².